The molecule has 1 heterocycles. The summed E-state index contributed by atoms with van der Waals surface area (Å²) in [7, 11) is 0. The molecule has 0 saturated heterocycles. The molecule has 2 nitrogen and oxygen atoms in total. The highest BCUT2D eigenvalue weighted by molar-refractivity contribution is 5.69. The lowest BCUT2D eigenvalue weighted by molar-refractivity contribution is -0.150. The van der Waals surface area contributed by atoms with Gasteiger partial charge in [-0.25, -0.2) is 0 Å². The number of esters is 1. The first-order valence-electron chi connectivity index (χ1n) is 8.67. The van der Waals surface area contributed by atoms with E-state index in [1.807, 2.05) is 0 Å². The average molecular weight is 280 g/mol. The van der Waals surface area contributed by atoms with Gasteiger partial charge in [-0.1, -0.05) is 44.8 Å². The Labute approximate surface area is 125 Å². The Hall–Kier alpha value is -0.790. The molecule has 1 atom stereocenters. The minimum Gasteiger partial charge on any atom is -0.462 e. The Balaban J connectivity index is 2.37. The Bertz CT molecular complexity index is 271. The molecule has 0 saturated carbocycles. The zero-order chi connectivity index (χ0) is 14.5. The van der Waals surface area contributed by atoms with Crippen molar-refractivity contribution in [3.63, 3.8) is 0 Å². The highest BCUT2D eigenvalue weighted by Crippen LogP contribution is 2.15. The smallest absolute Gasteiger partial charge is 0.306 e. The molecule has 0 bridgehead atoms. The molecule has 116 valence electrons. The van der Waals surface area contributed by atoms with Crippen LogP contribution in [0.2, 0.25) is 0 Å². The predicted octanol–water partition coefficient (Wildman–Crippen LogP) is 5.56. The molecule has 20 heavy (non-hydrogen) atoms. The molecule has 0 aromatic rings. The van der Waals surface area contributed by atoms with Gasteiger partial charge in [0.2, 0.25) is 0 Å². The van der Waals surface area contributed by atoms with Gasteiger partial charge in [0.05, 0.1) is 0 Å². The van der Waals surface area contributed by atoms with Crippen LogP contribution in [-0.4, -0.2) is 12.1 Å². The van der Waals surface area contributed by atoms with Gasteiger partial charge in [-0.3, -0.25) is 4.79 Å². The molecule has 1 aliphatic heterocycles. The summed E-state index contributed by atoms with van der Waals surface area (Å²) in [5.74, 6) is 0.0236. The molecule has 0 fully saturated rings. The molecule has 2 heteroatoms. The maximum absolute atomic E-state index is 11.8. The fraction of sp³-hybridized carbons (Fsp3) is 0.833. The minimum atomic E-state index is 0.0236. The number of cyclic esters (lactones) is 1. The van der Waals surface area contributed by atoms with Crippen LogP contribution < -0.4 is 0 Å². The van der Waals surface area contributed by atoms with E-state index in [0.29, 0.717) is 6.42 Å². The number of rotatable bonds is 2. The Morgan fingerprint density at radius 2 is 1.65 bits per heavy atom. The molecule has 0 aromatic carbocycles. The summed E-state index contributed by atoms with van der Waals surface area (Å²) >= 11 is 0. The van der Waals surface area contributed by atoms with Crippen LogP contribution in [-0.2, 0) is 9.53 Å². The highest BCUT2D eigenvalue weighted by Gasteiger charge is 2.13. The first kappa shape index (κ1) is 17.3. The van der Waals surface area contributed by atoms with Gasteiger partial charge in [0.1, 0.15) is 6.10 Å². The fourth-order valence-electron chi connectivity index (χ4n) is 2.76. The van der Waals surface area contributed by atoms with E-state index >= 15 is 0 Å². The first-order valence-corrected chi connectivity index (χ1v) is 8.67. The lowest BCUT2D eigenvalue weighted by Crippen LogP contribution is -2.18. The lowest BCUT2D eigenvalue weighted by Gasteiger charge is -2.17. The number of carbonyl (C=O) groups is 1. The van der Waals surface area contributed by atoms with E-state index in [9.17, 15) is 4.79 Å². The van der Waals surface area contributed by atoms with Crippen LogP contribution in [0.1, 0.15) is 90.4 Å². The maximum Gasteiger partial charge on any atom is 0.306 e. The van der Waals surface area contributed by atoms with E-state index in [2.05, 4.69) is 19.1 Å². The quantitative estimate of drug-likeness (QED) is 0.489. The van der Waals surface area contributed by atoms with Gasteiger partial charge in [0.25, 0.3) is 0 Å². The van der Waals surface area contributed by atoms with Gasteiger partial charge in [-0.2, -0.15) is 0 Å². The first-order chi connectivity index (χ1) is 9.83. The van der Waals surface area contributed by atoms with E-state index in [1.54, 1.807) is 0 Å². The van der Waals surface area contributed by atoms with Crippen LogP contribution in [0.25, 0.3) is 0 Å². The topological polar surface area (TPSA) is 26.3 Å². The monoisotopic (exact) mass is 280 g/mol. The van der Waals surface area contributed by atoms with Crippen molar-refractivity contribution in [3.05, 3.63) is 12.2 Å². The summed E-state index contributed by atoms with van der Waals surface area (Å²) < 4.78 is 5.63. The van der Waals surface area contributed by atoms with Gasteiger partial charge in [-0.15, -0.1) is 0 Å². The van der Waals surface area contributed by atoms with Crippen molar-refractivity contribution < 1.29 is 9.53 Å². The molecule has 0 aromatic heterocycles. The number of ether oxygens (including phenoxy) is 1. The van der Waals surface area contributed by atoms with Crippen molar-refractivity contribution in [2.45, 2.75) is 96.5 Å². The van der Waals surface area contributed by atoms with Crippen LogP contribution in [0.4, 0.5) is 0 Å². The summed E-state index contributed by atoms with van der Waals surface area (Å²) in [5.41, 5.74) is 0. The Kier molecular flexibility index (Phi) is 10.3. The number of carbonyl (C=O) groups excluding carboxylic acids is 1. The Morgan fingerprint density at radius 1 is 1.00 bits per heavy atom. The van der Waals surface area contributed by atoms with Crippen LogP contribution in [0.15, 0.2) is 12.2 Å². The van der Waals surface area contributed by atoms with Crippen molar-refractivity contribution in [1.82, 2.24) is 0 Å². The molecule has 1 rings (SSSR count). The van der Waals surface area contributed by atoms with Crippen molar-refractivity contribution in [1.29, 1.82) is 0 Å². The summed E-state index contributed by atoms with van der Waals surface area (Å²) in [6.07, 6.45) is 19.4. The molecule has 0 aliphatic carbocycles. The summed E-state index contributed by atoms with van der Waals surface area (Å²) in [6.45, 7) is 2.16. The standard InChI is InChI=1S/C18H32O2/c1-2-14-17-15-12-10-8-6-4-3-5-7-9-11-13-16-18(19)20-17/h4,6,17H,2-3,5,7-16H2,1H3/b6-4-. The summed E-state index contributed by atoms with van der Waals surface area (Å²) in [6, 6.07) is 0. The summed E-state index contributed by atoms with van der Waals surface area (Å²) in [5, 5.41) is 0. The largest absolute Gasteiger partial charge is 0.462 e. The van der Waals surface area contributed by atoms with Crippen molar-refractivity contribution in [2.75, 3.05) is 0 Å². The van der Waals surface area contributed by atoms with Gasteiger partial charge in [0.15, 0.2) is 0 Å². The number of allylic oxidation sites excluding steroid dienone is 2. The minimum absolute atomic E-state index is 0.0236. The highest BCUT2D eigenvalue weighted by atomic mass is 16.5. The number of hydrogen-bond acceptors (Lipinski definition) is 2. The third kappa shape index (κ3) is 9.17. The summed E-state index contributed by atoms with van der Waals surface area (Å²) in [4.78, 5) is 11.8. The SMILES string of the molecule is CCCC1CCCC/C=C\CCCCCCCC(=O)O1. The third-order valence-electron chi connectivity index (χ3n) is 3.97. The fourth-order valence-corrected chi connectivity index (χ4v) is 2.76. The molecule has 0 radical (unpaired) electrons. The van der Waals surface area contributed by atoms with E-state index in [4.69, 9.17) is 4.74 Å². The molecule has 0 N–H and O–H groups in total. The van der Waals surface area contributed by atoms with Crippen LogP contribution >= 0.6 is 0 Å². The van der Waals surface area contributed by atoms with Crippen LogP contribution in [0.5, 0.6) is 0 Å². The molecule has 1 unspecified atom stereocenters. The van der Waals surface area contributed by atoms with Gasteiger partial charge >= 0.3 is 5.97 Å². The molecule has 0 spiro atoms. The van der Waals surface area contributed by atoms with Crippen molar-refractivity contribution in [3.8, 4) is 0 Å². The molecular weight excluding hydrogens is 248 g/mol. The Morgan fingerprint density at radius 3 is 2.40 bits per heavy atom. The second kappa shape index (κ2) is 12.0. The van der Waals surface area contributed by atoms with E-state index in [1.165, 1.54) is 44.9 Å². The van der Waals surface area contributed by atoms with Gasteiger partial charge in [-0.05, 0) is 51.4 Å². The van der Waals surface area contributed by atoms with Crippen molar-refractivity contribution in [2.24, 2.45) is 0 Å². The maximum atomic E-state index is 11.8. The van der Waals surface area contributed by atoms with Crippen molar-refractivity contribution >= 4 is 5.97 Å². The zero-order valence-electron chi connectivity index (χ0n) is 13.2. The lowest BCUT2D eigenvalue weighted by atomic mass is 10.0. The normalized spacial score (nSPS) is 25.9. The van der Waals surface area contributed by atoms with E-state index in [-0.39, 0.29) is 12.1 Å². The average Bonchev–Trinajstić information content (AvgIpc) is 2.42. The second-order valence-corrected chi connectivity index (χ2v) is 5.96. The number of hydrogen-bond donors (Lipinski definition) is 0. The third-order valence-corrected chi connectivity index (χ3v) is 3.97. The van der Waals surface area contributed by atoms with Gasteiger partial charge < -0.3 is 4.74 Å². The molecular formula is C18H32O2. The van der Waals surface area contributed by atoms with Gasteiger partial charge in [0, 0.05) is 6.42 Å². The van der Waals surface area contributed by atoms with Crippen LogP contribution in [0.3, 0.4) is 0 Å². The second-order valence-electron chi connectivity index (χ2n) is 5.96. The molecule has 0 amide bonds. The van der Waals surface area contributed by atoms with E-state index < -0.39 is 0 Å². The zero-order valence-corrected chi connectivity index (χ0v) is 13.2. The van der Waals surface area contributed by atoms with Crippen LogP contribution in [0, 0.1) is 0 Å². The molecule has 1 aliphatic rings. The predicted molar refractivity (Wildman–Crippen MR) is 84.7 cm³/mol. The van der Waals surface area contributed by atoms with E-state index in [0.717, 1.165) is 32.1 Å².